The van der Waals surface area contributed by atoms with Crippen molar-refractivity contribution in [2.45, 2.75) is 0 Å². The summed E-state index contributed by atoms with van der Waals surface area (Å²) in [5.41, 5.74) is 2.59. The Labute approximate surface area is 169 Å². The van der Waals surface area contributed by atoms with Gasteiger partial charge in [-0.05, 0) is 48.5 Å². The summed E-state index contributed by atoms with van der Waals surface area (Å²) in [6.45, 7) is 0. The van der Waals surface area contributed by atoms with Crippen LogP contribution in [0.1, 0.15) is 0 Å². The molecule has 0 aliphatic rings. The lowest BCUT2D eigenvalue weighted by molar-refractivity contribution is 1.22. The van der Waals surface area contributed by atoms with Gasteiger partial charge < -0.3 is 5.32 Å². The minimum atomic E-state index is 0.474. The molecule has 0 aliphatic heterocycles. The second-order valence-corrected chi connectivity index (χ2v) is 7.41. The highest BCUT2D eigenvalue weighted by Crippen LogP contribution is 2.31. The van der Waals surface area contributed by atoms with Crippen LogP contribution in [-0.4, -0.2) is 9.97 Å². The fourth-order valence-electron chi connectivity index (χ4n) is 2.64. The van der Waals surface area contributed by atoms with E-state index in [1.54, 1.807) is 12.1 Å². The zero-order valence-electron chi connectivity index (χ0n) is 13.4. The molecular weight excluding hydrogens is 433 g/mol. The van der Waals surface area contributed by atoms with Gasteiger partial charge in [0.05, 0.1) is 15.6 Å². The minimum absolute atomic E-state index is 0.474. The summed E-state index contributed by atoms with van der Waals surface area (Å²) < 4.78 is 0.991. The average Bonchev–Trinajstić information content (AvgIpc) is 2.64. The summed E-state index contributed by atoms with van der Waals surface area (Å²) >= 11 is 15.7. The van der Waals surface area contributed by atoms with E-state index in [9.17, 15) is 0 Å². The van der Waals surface area contributed by atoms with Crippen molar-refractivity contribution in [2.24, 2.45) is 0 Å². The van der Waals surface area contributed by atoms with Crippen molar-refractivity contribution in [2.75, 3.05) is 5.32 Å². The molecule has 3 aromatic carbocycles. The van der Waals surface area contributed by atoms with Crippen LogP contribution in [0.2, 0.25) is 10.0 Å². The highest BCUT2D eigenvalue weighted by atomic mass is 79.9. The van der Waals surface area contributed by atoms with Gasteiger partial charge in [0.2, 0.25) is 0 Å². The Morgan fingerprint density at radius 1 is 0.808 bits per heavy atom. The Bertz CT molecular complexity index is 1120. The average molecular weight is 445 g/mol. The lowest BCUT2D eigenvalue weighted by atomic mass is 10.1. The van der Waals surface area contributed by atoms with Gasteiger partial charge in [0, 0.05) is 21.1 Å². The summed E-state index contributed by atoms with van der Waals surface area (Å²) in [4.78, 5) is 9.40. The highest BCUT2D eigenvalue weighted by molar-refractivity contribution is 9.10. The highest BCUT2D eigenvalue weighted by Gasteiger charge is 2.11. The van der Waals surface area contributed by atoms with Gasteiger partial charge in [-0.25, -0.2) is 9.97 Å². The van der Waals surface area contributed by atoms with E-state index in [0.29, 0.717) is 15.9 Å². The molecule has 3 nitrogen and oxygen atoms in total. The van der Waals surface area contributed by atoms with E-state index < -0.39 is 0 Å². The van der Waals surface area contributed by atoms with Crippen LogP contribution in [-0.2, 0) is 0 Å². The summed E-state index contributed by atoms with van der Waals surface area (Å²) in [7, 11) is 0. The standard InChI is InChI=1S/C20H12BrCl2N3/c21-13-4-3-5-14(11-13)24-20-15-6-1-2-7-18(15)25-19(26-20)12-8-9-16(22)17(23)10-12/h1-11H,(H,24,25,26). The number of para-hydroxylation sites is 1. The summed E-state index contributed by atoms with van der Waals surface area (Å²) in [5, 5.41) is 5.30. The van der Waals surface area contributed by atoms with E-state index in [4.69, 9.17) is 28.2 Å². The maximum absolute atomic E-state index is 6.16. The molecule has 0 unspecified atom stereocenters. The number of hydrogen-bond acceptors (Lipinski definition) is 3. The lowest BCUT2D eigenvalue weighted by Crippen LogP contribution is -1.99. The number of nitrogens with one attached hydrogen (secondary N) is 1. The van der Waals surface area contributed by atoms with Gasteiger partial charge in [0.15, 0.2) is 5.82 Å². The molecule has 0 spiro atoms. The minimum Gasteiger partial charge on any atom is -0.340 e. The van der Waals surface area contributed by atoms with Gasteiger partial charge in [0.25, 0.3) is 0 Å². The third kappa shape index (κ3) is 3.54. The number of aromatic nitrogens is 2. The van der Waals surface area contributed by atoms with E-state index in [-0.39, 0.29) is 0 Å². The van der Waals surface area contributed by atoms with Crippen molar-refractivity contribution in [3.05, 3.63) is 81.2 Å². The van der Waals surface area contributed by atoms with Gasteiger partial charge >= 0.3 is 0 Å². The van der Waals surface area contributed by atoms with E-state index >= 15 is 0 Å². The van der Waals surface area contributed by atoms with Gasteiger partial charge in [-0.1, -0.05) is 57.3 Å². The van der Waals surface area contributed by atoms with E-state index in [2.05, 4.69) is 26.2 Å². The predicted molar refractivity (Wildman–Crippen MR) is 112 cm³/mol. The summed E-state index contributed by atoms with van der Waals surface area (Å²) in [6, 6.07) is 21.2. The Kier molecular flexibility index (Phi) is 4.81. The lowest BCUT2D eigenvalue weighted by Gasteiger charge is -2.11. The molecule has 4 aromatic rings. The van der Waals surface area contributed by atoms with Gasteiger partial charge in [0.1, 0.15) is 5.82 Å². The zero-order chi connectivity index (χ0) is 18.1. The largest absolute Gasteiger partial charge is 0.340 e. The first-order chi connectivity index (χ1) is 12.6. The Hall–Kier alpha value is -2.14. The molecule has 0 radical (unpaired) electrons. The summed E-state index contributed by atoms with van der Waals surface area (Å²) in [6.07, 6.45) is 0. The van der Waals surface area contributed by atoms with E-state index in [1.165, 1.54) is 0 Å². The fourth-order valence-corrected chi connectivity index (χ4v) is 3.34. The number of rotatable bonds is 3. The molecule has 128 valence electrons. The molecule has 1 aromatic heterocycles. The first-order valence-corrected chi connectivity index (χ1v) is 9.40. The predicted octanol–water partition coefficient (Wildman–Crippen LogP) is 7.11. The van der Waals surface area contributed by atoms with Crippen molar-refractivity contribution >= 4 is 61.5 Å². The molecule has 26 heavy (non-hydrogen) atoms. The molecule has 0 aliphatic carbocycles. The molecule has 0 fully saturated rings. The van der Waals surface area contributed by atoms with Crippen LogP contribution in [0.5, 0.6) is 0 Å². The van der Waals surface area contributed by atoms with Crippen molar-refractivity contribution in [1.29, 1.82) is 0 Å². The number of fused-ring (bicyclic) bond motifs is 1. The van der Waals surface area contributed by atoms with Crippen LogP contribution >= 0.6 is 39.1 Å². The molecule has 1 heterocycles. The van der Waals surface area contributed by atoms with E-state index in [0.717, 1.165) is 32.4 Å². The van der Waals surface area contributed by atoms with Crippen LogP contribution < -0.4 is 5.32 Å². The Morgan fingerprint density at radius 2 is 1.65 bits per heavy atom. The van der Waals surface area contributed by atoms with Gasteiger partial charge in [-0.15, -0.1) is 0 Å². The molecule has 0 saturated heterocycles. The Morgan fingerprint density at radius 3 is 2.46 bits per heavy atom. The van der Waals surface area contributed by atoms with Crippen LogP contribution in [0.3, 0.4) is 0 Å². The normalized spacial score (nSPS) is 10.9. The smallest absolute Gasteiger partial charge is 0.162 e. The third-order valence-electron chi connectivity index (χ3n) is 3.87. The first-order valence-electron chi connectivity index (χ1n) is 7.85. The molecule has 6 heteroatoms. The van der Waals surface area contributed by atoms with Gasteiger partial charge in [-0.2, -0.15) is 0 Å². The third-order valence-corrected chi connectivity index (χ3v) is 5.10. The molecule has 4 rings (SSSR count). The van der Waals surface area contributed by atoms with Crippen LogP contribution in [0.15, 0.2) is 71.2 Å². The van der Waals surface area contributed by atoms with Gasteiger partial charge in [-0.3, -0.25) is 0 Å². The maximum Gasteiger partial charge on any atom is 0.162 e. The zero-order valence-corrected chi connectivity index (χ0v) is 16.5. The molecule has 0 bridgehead atoms. The SMILES string of the molecule is Clc1ccc(-c2nc(Nc3cccc(Br)c3)c3ccccc3n2)cc1Cl. The first kappa shape index (κ1) is 17.3. The molecule has 1 N–H and O–H groups in total. The van der Waals surface area contributed by atoms with Crippen LogP contribution in [0.4, 0.5) is 11.5 Å². The van der Waals surface area contributed by atoms with Crippen molar-refractivity contribution in [1.82, 2.24) is 9.97 Å². The molecular formula is C20H12BrCl2N3. The topological polar surface area (TPSA) is 37.8 Å². The quantitative estimate of drug-likeness (QED) is 0.365. The number of hydrogen-bond donors (Lipinski definition) is 1. The second kappa shape index (κ2) is 7.23. The summed E-state index contributed by atoms with van der Waals surface area (Å²) in [5.74, 6) is 1.31. The Balaban J connectivity index is 1.86. The van der Waals surface area contributed by atoms with E-state index in [1.807, 2.05) is 54.6 Å². The van der Waals surface area contributed by atoms with Crippen LogP contribution in [0, 0.1) is 0 Å². The molecule has 0 amide bonds. The molecule has 0 atom stereocenters. The van der Waals surface area contributed by atoms with Crippen molar-refractivity contribution in [3.8, 4) is 11.4 Å². The number of nitrogens with zero attached hydrogens (tertiary/aromatic N) is 2. The van der Waals surface area contributed by atoms with Crippen molar-refractivity contribution in [3.63, 3.8) is 0 Å². The fraction of sp³-hybridized carbons (Fsp3) is 0. The maximum atomic E-state index is 6.16. The second-order valence-electron chi connectivity index (χ2n) is 5.68. The van der Waals surface area contributed by atoms with Crippen LogP contribution in [0.25, 0.3) is 22.3 Å². The number of halogens is 3. The van der Waals surface area contributed by atoms with Crippen molar-refractivity contribution < 1.29 is 0 Å². The number of anilines is 2. The monoisotopic (exact) mass is 443 g/mol. The molecule has 0 saturated carbocycles. The number of benzene rings is 3.